The number of pyridine rings is 1. The molecule has 5 nitrogen and oxygen atoms in total. The normalized spacial score (nSPS) is 23.4. The van der Waals surface area contributed by atoms with Crippen LogP contribution in [0.5, 0.6) is 0 Å². The van der Waals surface area contributed by atoms with Crippen LogP contribution in [-0.4, -0.2) is 65.8 Å². The molecule has 0 bridgehead atoms. The summed E-state index contributed by atoms with van der Waals surface area (Å²) in [6.45, 7) is 5.46. The summed E-state index contributed by atoms with van der Waals surface area (Å²) in [4.78, 5) is 9.13. The Morgan fingerprint density at radius 2 is 2.25 bits per heavy atom. The molecule has 2 atom stereocenters. The second kappa shape index (κ2) is 7.02. The standard InChI is InChI=1S/C15H26N4O/c1-4-16-15-7-5-6-12(17-15)9-19-11-14(20)8-13(19)10-18(2)3/h5-7,13-14,20H,4,8-11H2,1-3H3,(H,16,17). The Kier molecular flexibility index (Phi) is 5.34. The number of anilines is 1. The fourth-order valence-electron chi connectivity index (χ4n) is 2.82. The van der Waals surface area contributed by atoms with Crippen molar-refractivity contribution in [3.05, 3.63) is 23.9 Å². The first kappa shape index (κ1) is 15.2. The third-order valence-corrected chi connectivity index (χ3v) is 3.61. The zero-order valence-corrected chi connectivity index (χ0v) is 12.7. The summed E-state index contributed by atoms with van der Waals surface area (Å²) >= 11 is 0. The maximum absolute atomic E-state index is 9.91. The van der Waals surface area contributed by atoms with E-state index in [1.54, 1.807) is 0 Å². The number of aromatic nitrogens is 1. The molecule has 1 fully saturated rings. The van der Waals surface area contributed by atoms with E-state index in [0.29, 0.717) is 6.04 Å². The molecule has 2 heterocycles. The average Bonchev–Trinajstić information content (AvgIpc) is 2.69. The molecule has 1 aromatic heterocycles. The number of hydrogen-bond acceptors (Lipinski definition) is 5. The first-order valence-electron chi connectivity index (χ1n) is 7.35. The van der Waals surface area contributed by atoms with Gasteiger partial charge in [-0.1, -0.05) is 6.07 Å². The van der Waals surface area contributed by atoms with E-state index in [1.807, 2.05) is 12.1 Å². The Morgan fingerprint density at radius 1 is 1.45 bits per heavy atom. The van der Waals surface area contributed by atoms with Crippen molar-refractivity contribution in [1.29, 1.82) is 0 Å². The van der Waals surface area contributed by atoms with E-state index in [9.17, 15) is 5.11 Å². The SMILES string of the molecule is CCNc1cccc(CN2CC(O)CC2CN(C)C)n1. The van der Waals surface area contributed by atoms with Crippen molar-refractivity contribution in [2.75, 3.05) is 39.0 Å². The summed E-state index contributed by atoms with van der Waals surface area (Å²) in [6.07, 6.45) is 0.641. The zero-order chi connectivity index (χ0) is 14.5. The highest BCUT2D eigenvalue weighted by molar-refractivity contribution is 5.35. The van der Waals surface area contributed by atoms with Gasteiger partial charge < -0.3 is 15.3 Å². The van der Waals surface area contributed by atoms with Crippen molar-refractivity contribution in [3.63, 3.8) is 0 Å². The van der Waals surface area contributed by atoms with Gasteiger partial charge in [-0.15, -0.1) is 0 Å². The molecule has 20 heavy (non-hydrogen) atoms. The predicted octanol–water partition coefficient (Wildman–Crippen LogP) is 1.01. The largest absolute Gasteiger partial charge is 0.392 e. The summed E-state index contributed by atoms with van der Waals surface area (Å²) in [5.74, 6) is 0.925. The molecule has 1 aliphatic rings. The average molecular weight is 278 g/mol. The number of β-amino-alcohol motifs (C(OH)–C–C–N with tert-alkyl or cyclic N) is 1. The minimum atomic E-state index is -0.211. The zero-order valence-electron chi connectivity index (χ0n) is 12.7. The Hall–Kier alpha value is -1.17. The molecule has 2 N–H and O–H groups in total. The summed E-state index contributed by atoms with van der Waals surface area (Å²) < 4.78 is 0. The number of rotatable bonds is 6. The summed E-state index contributed by atoms with van der Waals surface area (Å²) in [7, 11) is 4.15. The van der Waals surface area contributed by atoms with Gasteiger partial charge in [-0.05, 0) is 39.6 Å². The van der Waals surface area contributed by atoms with E-state index < -0.39 is 0 Å². The lowest BCUT2D eigenvalue weighted by atomic mass is 10.2. The molecule has 0 saturated carbocycles. The highest BCUT2D eigenvalue weighted by Gasteiger charge is 2.31. The Balaban J connectivity index is 2.01. The maximum atomic E-state index is 9.91. The van der Waals surface area contributed by atoms with Crippen LogP contribution in [0.2, 0.25) is 0 Å². The predicted molar refractivity (Wildman–Crippen MR) is 81.8 cm³/mol. The molecule has 0 spiro atoms. The number of nitrogens with one attached hydrogen (secondary N) is 1. The lowest BCUT2D eigenvalue weighted by Gasteiger charge is -2.26. The van der Waals surface area contributed by atoms with Crippen LogP contribution >= 0.6 is 0 Å². The number of likely N-dealkylation sites (tertiary alicyclic amines) is 1. The van der Waals surface area contributed by atoms with E-state index >= 15 is 0 Å². The summed E-state index contributed by atoms with van der Waals surface area (Å²) in [6, 6.07) is 6.49. The van der Waals surface area contributed by atoms with Gasteiger partial charge in [0, 0.05) is 32.2 Å². The molecular formula is C15H26N4O. The molecule has 5 heteroatoms. The van der Waals surface area contributed by atoms with E-state index in [2.05, 4.69) is 47.2 Å². The Morgan fingerprint density at radius 3 is 2.95 bits per heavy atom. The Bertz CT molecular complexity index is 424. The molecular weight excluding hydrogens is 252 g/mol. The van der Waals surface area contributed by atoms with Crippen LogP contribution in [0.4, 0.5) is 5.82 Å². The first-order chi connectivity index (χ1) is 9.58. The quantitative estimate of drug-likeness (QED) is 0.813. The van der Waals surface area contributed by atoms with Crippen LogP contribution in [-0.2, 0) is 6.54 Å². The van der Waals surface area contributed by atoms with Crippen LogP contribution < -0.4 is 5.32 Å². The van der Waals surface area contributed by atoms with Gasteiger partial charge in [-0.3, -0.25) is 4.90 Å². The van der Waals surface area contributed by atoms with Gasteiger partial charge >= 0.3 is 0 Å². The smallest absolute Gasteiger partial charge is 0.126 e. The molecule has 1 saturated heterocycles. The summed E-state index contributed by atoms with van der Waals surface area (Å²) in [5.41, 5.74) is 1.06. The third kappa shape index (κ3) is 4.16. The molecule has 2 unspecified atom stereocenters. The van der Waals surface area contributed by atoms with Crippen molar-refractivity contribution in [2.45, 2.75) is 32.0 Å². The number of likely N-dealkylation sites (N-methyl/N-ethyl adjacent to an activating group) is 1. The minimum Gasteiger partial charge on any atom is -0.392 e. The van der Waals surface area contributed by atoms with E-state index in [-0.39, 0.29) is 6.10 Å². The van der Waals surface area contributed by atoms with E-state index in [1.165, 1.54) is 0 Å². The van der Waals surface area contributed by atoms with Crippen molar-refractivity contribution in [3.8, 4) is 0 Å². The molecule has 0 aliphatic carbocycles. The maximum Gasteiger partial charge on any atom is 0.126 e. The van der Waals surface area contributed by atoms with Crippen molar-refractivity contribution >= 4 is 5.82 Å². The highest BCUT2D eigenvalue weighted by atomic mass is 16.3. The number of nitrogens with zero attached hydrogens (tertiary/aromatic N) is 3. The Labute approximate surface area is 121 Å². The molecule has 1 aliphatic heterocycles. The topological polar surface area (TPSA) is 51.6 Å². The number of hydrogen-bond donors (Lipinski definition) is 2. The van der Waals surface area contributed by atoms with Crippen molar-refractivity contribution < 1.29 is 5.11 Å². The van der Waals surface area contributed by atoms with Crippen LogP contribution in [0.3, 0.4) is 0 Å². The van der Waals surface area contributed by atoms with Crippen LogP contribution in [0.1, 0.15) is 19.0 Å². The van der Waals surface area contributed by atoms with Gasteiger partial charge in [-0.2, -0.15) is 0 Å². The third-order valence-electron chi connectivity index (χ3n) is 3.61. The van der Waals surface area contributed by atoms with Crippen LogP contribution in [0.15, 0.2) is 18.2 Å². The molecule has 2 rings (SSSR count). The molecule has 1 aromatic rings. The first-order valence-corrected chi connectivity index (χ1v) is 7.35. The second-order valence-corrected chi connectivity index (χ2v) is 5.78. The monoisotopic (exact) mass is 278 g/mol. The minimum absolute atomic E-state index is 0.211. The molecule has 0 amide bonds. The van der Waals surface area contributed by atoms with Gasteiger partial charge in [0.2, 0.25) is 0 Å². The fourth-order valence-corrected chi connectivity index (χ4v) is 2.82. The van der Waals surface area contributed by atoms with Gasteiger partial charge in [-0.25, -0.2) is 4.98 Å². The van der Waals surface area contributed by atoms with Crippen molar-refractivity contribution in [2.24, 2.45) is 0 Å². The molecule has 0 aromatic carbocycles. The fraction of sp³-hybridized carbons (Fsp3) is 0.667. The highest BCUT2D eigenvalue weighted by Crippen LogP contribution is 2.21. The number of aliphatic hydroxyl groups is 1. The van der Waals surface area contributed by atoms with Crippen LogP contribution in [0, 0.1) is 0 Å². The van der Waals surface area contributed by atoms with E-state index in [4.69, 9.17) is 0 Å². The lowest BCUT2D eigenvalue weighted by Crippen LogP contribution is -2.37. The second-order valence-electron chi connectivity index (χ2n) is 5.78. The van der Waals surface area contributed by atoms with Gasteiger partial charge in [0.15, 0.2) is 0 Å². The molecule has 0 radical (unpaired) electrons. The van der Waals surface area contributed by atoms with Gasteiger partial charge in [0.25, 0.3) is 0 Å². The number of aliphatic hydroxyl groups excluding tert-OH is 1. The van der Waals surface area contributed by atoms with Crippen molar-refractivity contribution in [1.82, 2.24) is 14.8 Å². The summed E-state index contributed by atoms with van der Waals surface area (Å²) in [5, 5.41) is 13.1. The van der Waals surface area contributed by atoms with Gasteiger partial charge in [0.1, 0.15) is 5.82 Å². The van der Waals surface area contributed by atoms with Crippen LogP contribution in [0.25, 0.3) is 0 Å². The van der Waals surface area contributed by atoms with Gasteiger partial charge in [0.05, 0.1) is 11.8 Å². The lowest BCUT2D eigenvalue weighted by molar-refractivity contribution is 0.168. The molecule has 112 valence electrons. The van der Waals surface area contributed by atoms with E-state index in [0.717, 1.165) is 44.1 Å².